The van der Waals surface area contributed by atoms with Crippen LogP contribution in [0.5, 0.6) is 0 Å². The van der Waals surface area contributed by atoms with E-state index in [4.69, 9.17) is 14.2 Å². The van der Waals surface area contributed by atoms with Gasteiger partial charge in [-0.25, -0.2) is 9.18 Å². The highest BCUT2D eigenvalue weighted by Crippen LogP contribution is 2.35. The Morgan fingerprint density at radius 2 is 1.96 bits per heavy atom. The summed E-state index contributed by atoms with van der Waals surface area (Å²) in [5.41, 5.74) is 0.378. The van der Waals surface area contributed by atoms with Crippen molar-refractivity contribution in [2.45, 2.75) is 64.6 Å². The van der Waals surface area contributed by atoms with Crippen molar-refractivity contribution in [1.82, 2.24) is 0 Å². The lowest BCUT2D eigenvalue weighted by atomic mass is 10.0. The summed E-state index contributed by atoms with van der Waals surface area (Å²) in [7, 11) is 0. The molecule has 1 saturated heterocycles. The van der Waals surface area contributed by atoms with Crippen molar-refractivity contribution in [2.24, 2.45) is 5.92 Å². The summed E-state index contributed by atoms with van der Waals surface area (Å²) in [6, 6.07) is 8.59. The van der Waals surface area contributed by atoms with Gasteiger partial charge in [-0.2, -0.15) is 0 Å². The van der Waals surface area contributed by atoms with Crippen molar-refractivity contribution >= 4 is 28.6 Å². The first kappa shape index (κ1) is 22.3. The van der Waals surface area contributed by atoms with Crippen molar-refractivity contribution in [3.05, 3.63) is 47.8 Å². The Bertz CT molecular complexity index is 645. The van der Waals surface area contributed by atoms with E-state index in [1.54, 1.807) is 38.1 Å². The lowest BCUT2D eigenvalue weighted by molar-refractivity contribution is -0.154. The summed E-state index contributed by atoms with van der Waals surface area (Å²) in [5.74, 6) is -1.62. The molecule has 1 aliphatic heterocycles. The molecular formula is C21H28FIO4. The second kappa shape index (κ2) is 9.98. The van der Waals surface area contributed by atoms with Crippen LogP contribution in [-0.2, 0) is 14.2 Å². The zero-order valence-electron chi connectivity index (χ0n) is 16.3. The molecule has 0 aromatic heterocycles. The second-order valence-electron chi connectivity index (χ2n) is 7.53. The SMILES string of the molecule is CC(C)C/C=C(/F)C(OC(=O)c1ccccc1)C1OC(C)(C)OC1CCI. The minimum atomic E-state index is -1.13. The van der Waals surface area contributed by atoms with Crippen LogP contribution in [0, 0.1) is 5.92 Å². The molecule has 3 unspecified atom stereocenters. The highest BCUT2D eigenvalue weighted by molar-refractivity contribution is 14.1. The Kier molecular flexibility index (Phi) is 8.24. The Morgan fingerprint density at radius 1 is 1.30 bits per heavy atom. The molecule has 150 valence electrons. The van der Waals surface area contributed by atoms with Crippen molar-refractivity contribution in [3.8, 4) is 0 Å². The number of hydrogen-bond donors (Lipinski definition) is 0. The van der Waals surface area contributed by atoms with Crippen molar-refractivity contribution in [1.29, 1.82) is 0 Å². The molecule has 3 atom stereocenters. The molecule has 1 fully saturated rings. The maximum absolute atomic E-state index is 15.1. The third-order valence-corrected chi connectivity index (χ3v) is 4.84. The Labute approximate surface area is 174 Å². The minimum Gasteiger partial charge on any atom is -0.449 e. The van der Waals surface area contributed by atoms with Gasteiger partial charge in [-0.1, -0.05) is 54.6 Å². The van der Waals surface area contributed by atoms with Crippen LogP contribution in [0.3, 0.4) is 0 Å². The average molecular weight is 490 g/mol. The molecule has 0 aliphatic carbocycles. The van der Waals surface area contributed by atoms with E-state index in [-0.39, 0.29) is 6.10 Å². The summed E-state index contributed by atoms with van der Waals surface area (Å²) in [6.45, 7) is 7.59. The standard InChI is InChI=1S/C21H28FIO4/c1-14(2)10-11-16(22)18(25-20(24)15-8-6-5-7-9-15)19-17(12-13-23)26-21(3,4)27-19/h5-9,11,14,17-19H,10,12-13H2,1-4H3/b16-11+. The zero-order valence-corrected chi connectivity index (χ0v) is 18.4. The van der Waals surface area contributed by atoms with Crippen LogP contribution in [-0.4, -0.2) is 34.5 Å². The predicted octanol–water partition coefficient (Wildman–Crippen LogP) is 5.46. The van der Waals surface area contributed by atoms with E-state index < -0.39 is 29.8 Å². The number of halogens is 2. The van der Waals surface area contributed by atoms with Crippen molar-refractivity contribution in [3.63, 3.8) is 0 Å². The van der Waals surface area contributed by atoms with Gasteiger partial charge in [0.25, 0.3) is 0 Å². The van der Waals surface area contributed by atoms with Crippen LogP contribution in [0.1, 0.15) is 50.9 Å². The normalized spacial score (nSPS) is 23.4. The number of esters is 1. The molecule has 1 aromatic carbocycles. The van der Waals surface area contributed by atoms with Crippen molar-refractivity contribution < 1.29 is 23.4 Å². The molecule has 1 aromatic rings. The summed E-state index contributed by atoms with van der Waals surface area (Å²) < 4.78 is 33.4. The van der Waals surface area contributed by atoms with E-state index in [1.807, 2.05) is 19.9 Å². The van der Waals surface area contributed by atoms with E-state index in [1.165, 1.54) is 6.08 Å². The number of alkyl halides is 1. The van der Waals surface area contributed by atoms with Gasteiger partial charge in [0.1, 0.15) is 11.9 Å². The van der Waals surface area contributed by atoms with Gasteiger partial charge in [0, 0.05) is 4.43 Å². The van der Waals surface area contributed by atoms with Gasteiger partial charge in [-0.3, -0.25) is 0 Å². The summed E-state index contributed by atoms with van der Waals surface area (Å²) in [5, 5.41) is 0. The maximum atomic E-state index is 15.1. The van der Waals surface area contributed by atoms with E-state index in [2.05, 4.69) is 22.6 Å². The fraction of sp³-hybridized carbons (Fsp3) is 0.571. The molecule has 0 bridgehead atoms. The van der Waals surface area contributed by atoms with Crippen LogP contribution in [0.4, 0.5) is 4.39 Å². The quantitative estimate of drug-likeness (QED) is 0.276. The van der Waals surface area contributed by atoms with Crippen molar-refractivity contribution in [2.75, 3.05) is 4.43 Å². The Balaban J connectivity index is 2.28. The van der Waals surface area contributed by atoms with Gasteiger partial charge in [0.05, 0.1) is 11.7 Å². The van der Waals surface area contributed by atoms with E-state index in [9.17, 15) is 4.79 Å². The molecular weight excluding hydrogens is 462 g/mol. The molecule has 0 radical (unpaired) electrons. The predicted molar refractivity (Wildman–Crippen MR) is 112 cm³/mol. The van der Waals surface area contributed by atoms with Gasteiger partial charge in [0.15, 0.2) is 11.9 Å². The highest BCUT2D eigenvalue weighted by atomic mass is 127. The van der Waals surface area contributed by atoms with Crippen LogP contribution in [0.25, 0.3) is 0 Å². The van der Waals surface area contributed by atoms with Gasteiger partial charge in [-0.15, -0.1) is 0 Å². The first-order chi connectivity index (χ1) is 12.7. The molecule has 1 heterocycles. The summed E-state index contributed by atoms with van der Waals surface area (Å²) in [4.78, 5) is 12.6. The van der Waals surface area contributed by atoms with Crippen LogP contribution >= 0.6 is 22.6 Å². The van der Waals surface area contributed by atoms with Gasteiger partial charge >= 0.3 is 5.97 Å². The average Bonchev–Trinajstić information content (AvgIpc) is 2.92. The molecule has 0 amide bonds. The molecule has 6 heteroatoms. The molecule has 0 spiro atoms. The van der Waals surface area contributed by atoms with E-state index >= 15 is 4.39 Å². The third kappa shape index (κ3) is 6.54. The number of benzene rings is 1. The second-order valence-corrected chi connectivity index (χ2v) is 8.61. The monoisotopic (exact) mass is 490 g/mol. The number of carbonyl (C=O) groups is 1. The van der Waals surface area contributed by atoms with Crippen LogP contribution in [0.15, 0.2) is 42.2 Å². The summed E-state index contributed by atoms with van der Waals surface area (Å²) in [6.07, 6.45) is 0.564. The number of rotatable bonds is 8. The fourth-order valence-corrected chi connectivity index (χ4v) is 3.57. The van der Waals surface area contributed by atoms with Crippen LogP contribution in [0.2, 0.25) is 0 Å². The Morgan fingerprint density at radius 3 is 2.56 bits per heavy atom. The molecule has 0 saturated carbocycles. The number of allylic oxidation sites excluding steroid dienone is 1. The fourth-order valence-electron chi connectivity index (χ4n) is 2.95. The topological polar surface area (TPSA) is 44.8 Å². The maximum Gasteiger partial charge on any atom is 0.338 e. The van der Waals surface area contributed by atoms with Gasteiger partial charge in [0.2, 0.25) is 0 Å². The highest BCUT2D eigenvalue weighted by Gasteiger charge is 2.47. The first-order valence-corrected chi connectivity index (χ1v) is 10.8. The van der Waals surface area contributed by atoms with E-state index in [0.29, 0.717) is 24.3 Å². The molecule has 4 nitrogen and oxygen atoms in total. The minimum absolute atomic E-state index is 0.295. The van der Waals surface area contributed by atoms with Gasteiger partial charge in [-0.05, 0) is 50.8 Å². The third-order valence-electron chi connectivity index (χ3n) is 4.21. The molecule has 2 rings (SSSR count). The number of ether oxygens (including phenoxy) is 3. The number of carbonyl (C=O) groups excluding carboxylic acids is 1. The summed E-state index contributed by atoms with van der Waals surface area (Å²) >= 11 is 2.25. The lowest BCUT2D eigenvalue weighted by Crippen LogP contribution is -2.39. The zero-order chi connectivity index (χ0) is 20.0. The first-order valence-electron chi connectivity index (χ1n) is 9.26. The molecule has 0 N–H and O–H groups in total. The van der Waals surface area contributed by atoms with Crippen LogP contribution < -0.4 is 0 Å². The van der Waals surface area contributed by atoms with Gasteiger partial charge < -0.3 is 14.2 Å². The molecule has 27 heavy (non-hydrogen) atoms. The number of hydrogen-bond acceptors (Lipinski definition) is 4. The lowest BCUT2D eigenvalue weighted by Gasteiger charge is -2.25. The van der Waals surface area contributed by atoms with E-state index in [0.717, 1.165) is 4.43 Å². The Hall–Kier alpha value is -0.990. The smallest absolute Gasteiger partial charge is 0.338 e. The largest absolute Gasteiger partial charge is 0.449 e. The molecule has 1 aliphatic rings.